The Balaban J connectivity index is 1.61. The molecule has 26 heavy (non-hydrogen) atoms. The second-order valence-corrected chi connectivity index (χ2v) is 6.10. The highest BCUT2D eigenvalue weighted by Gasteiger charge is 2.13. The summed E-state index contributed by atoms with van der Waals surface area (Å²) in [6.07, 6.45) is 1.40. The Labute approximate surface area is 150 Å². The Morgan fingerprint density at radius 2 is 2.04 bits per heavy atom. The molecule has 2 heterocycles. The molecule has 2 aromatic heterocycles. The van der Waals surface area contributed by atoms with Gasteiger partial charge in [-0.15, -0.1) is 11.3 Å². The number of hydrogen-bond donors (Lipinski definition) is 3. The summed E-state index contributed by atoms with van der Waals surface area (Å²) in [5.41, 5.74) is 0.257. The van der Waals surface area contributed by atoms with Crippen LogP contribution in [0, 0.1) is 5.82 Å². The fourth-order valence-electron chi connectivity index (χ4n) is 2.15. The van der Waals surface area contributed by atoms with Gasteiger partial charge in [0.05, 0.1) is 12.1 Å². The van der Waals surface area contributed by atoms with Crippen LogP contribution in [0.4, 0.5) is 15.2 Å². The Morgan fingerprint density at radius 1 is 1.19 bits per heavy atom. The van der Waals surface area contributed by atoms with Crippen LogP contribution in [0.5, 0.6) is 0 Å². The first-order chi connectivity index (χ1) is 12.5. The first-order valence-electron chi connectivity index (χ1n) is 7.50. The molecule has 0 fully saturated rings. The molecule has 2 amide bonds. The molecule has 0 saturated heterocycles. The first-order valence-corrected chi connectivity index (χ1v) is 8.38. The van der Waals surface area contributed by atoms with Gasteiger partial charge in [-0.25, -0.2) is 9.37 Å². The second kappa shape index (κ2) is 7.70. The number of pyridine rings is 1. The third-order valence-electron chi connectivity index (χ3n) is 3.29. The van der Waals surface area contributed by atoms with Gasteiger partial charge < -0.3 is 10.3 Å². The molecule has 9 heteroatoms. The molecule has 0 aliphatic heterocycles. The molecule has 0 aliphatic carbocycles. The summed E-state index contributed by atoms with van der Waals surface area (Å²) in [6.45, 7) is 0. The van der Waals surface area contributed by atoms with Gasteiger partial charge in [0.1, 0.15) is 11.4 Å². The van der Waals surface area contributed by atoms with Gasteiger partial charge in [0.2, 0.25) is 5.91 Å². The number of carbonyl (C=O) groups is 2. The van der Waals surface area contributed by atoms with E-state index in [1.807, 2.05) is 0 Å². The number of aromatic nitrogens is 2. The zero-order valence-electron chi connectivity index (χ0n) is 13.3. The number of hydrogen-bond acceptors (Lipinski definition) is 5. The Kier molecular flexibility index (Phi) is 5.18. The number of carbonyl (C=O) groups excluding carboxylic acids is 2. The molecule has 1 aromatic carbocycles. The molecule has 0 atom stereocenters. The topological polar surface area (TPSA) is 104 Å². The lowest BCUT2D eigenvalue weighted by Gasteiger charge is -2.03. The van der Waals surface area contributed by atoms with E-state index in [0.717, 1.165) is 11.3 Å². The molecule has 3 N–H and O–H groups in total. The lowest BCUT2D eigenvalue weighted by atomic mass is 10.2. The molecule has 3 aromatic rings. The zero-order chi connectivity index (χ0) is 18.5. The third kappa shape index (κ3) is 4.39. The third-order valence-corrected chi connectivity index (χ3v) is 4.09. The van der Waals surface area contributed by atoms with Crippen LogP contribution < -0.4 is 16.2 Å². The number of H-pyrrole nitrogens is 1. The minimum absolute atomic E-state index is 0.0329. The minimum atomic E-state index is -0.586. The quantitative estimate of drug-likeness (QED) is 0.640. The van der Waals surface area contributed by atoms with Crippen molar-refractivity contribution in [1.82, 2.24) is 9.97 Å². The molecule has 132 valence electrons. The highest BCUT2D eigenvalue weighted by Crippen LogP contribution is 2.17. The van der Waals surface area contributed by atoms with E-state index in [4.69, 9.17) is 0 Å². The molecule has 7 nitrogen and oxygen atoms in total. The van der Waals surface area contributed by atoms with Crippen LogP contribution in [-0.2, 0) is 11.2 Å². The van der Waals surface area contributed by atoms with Gasteiger partial charge in [0.25, 0.3) is 11.5 Å². The number of benzene rings is 1. The molecular weight excluding hydrogens is 359 g/mol. The highest BCUT2D eigenvalue weighted by molar-refractivity contribution is 7.14. The van der Waals surface area contributed by atoms with Crippen molar-refractivity contribution in [1.29, 1.82) is 0 Å². The zero-order valence-corrected chi connectivity index (χ0v) is 14.1. The SMILES string of the molecule is O=C(Cc1csc(NC(=O)c2ccc[nH]c2=O)n1)Nc1cccc(F)c1. The Bertz CT molecular complexity index is 1010. The molecule has 0 aliphatic rings. The van der Waals surface area contributed by atoms with Crippen LogP contribution in [0.25, 0.3) is 0 Å². The van der Waals surface area contributed by atoms with Crippen LogP contribution in [-0.4, -0.2) is 21.8 Å². The second-order valence-electron chi connectivity index (χ2n) is 5.25. The number of aromatic amines is 1. The van der Waals surface area contributed by atoms with Crippen molar-refractivity contribution in [2.75, 3.05) is 10.6 Å². The maximum absolute atomic E-state index is 13.1. The largest absolute Gasteiger partial charge is 0.328 e. The van der Waals surface area contributed by atoms with Crippen molar-refractivity contribution in [2.24, 2.45) is 0 Å². The predicted molar refractivity (Wildman–Crippen MR) is 95.9 cm³/mol. The van der Waals surface area contributed by atoms with E-state index in [1.165, 1.54) is 30.5 Å². The lowest BCUT2D eigenvalue weighted by molar-refractivity contribution is -0.115. The molecular formula is C17H13FN4O3S. The van der Waals surface area contributed by atoms with E-state index in [9.17, 15) is 18.8 Å². The average Bonchev–Trinajstić information content (AvgIpc) is 3.01. The van der Waals surface area contributed by atoms with Crippen molar-refractivity contribution in [3.05, 3.63) is 75.4 Å². The molecule has 0 saturated carbocycles. The van der Waals surface area contributed by atoms with Gasteiger partial charge in [-0.3, -0.25) is 19.7 Å². The average molecular weight is 372 g/mol. The standard InChI is InChI=1S/C17H13FN4O3S/c18-10-3-1-4-11(7-10)20-14(23)8-12-9-26-17(21-12)22-16(25)13-5-2-6-19-15(13)24/h1-7,9H,8H2,(H,19,24)(H,20,23)(H,21,22,25). The number of amides is 2. The normalized spacial score (nSPS) is 10.3. The van der Waals surface area contributed by atoms with E-state index in [0.29, 0.717) is 11.4 Å². The van der Waals surface area contributed by atoms with E-state index >= 15 is 0 Å². The molecule has 0 spiro atoms. The van der Waals surface area contributed by atoms with Crippen molar-refractivity contribution in [3.63, 3.8) is 0 Å². The van der Waals surface area contributed by atoms with Crippen molar-refractivity contribution >= 4 is 34.0 Å². The van der Waals surface area contributed by atoms with Crippen molar-refractivity contribution in [2.45, 2.75) is 6.42 Å². The maximum Gasteiger partial charge on any atom is 0.263 e. The summed E-state index contributed by atoms with van der Waals surface area (Å²) in [4.78, 5) is 42.2. The van der Waals surface area contributed by atoms with E-state index in [1.54, 1.807) is 17.5 Å². The number of nitrogens with zero attached hydrogens (tertiary/aromatic N) is 1. The number of nitrogens with one attached hydrogen (secondary N) is 3. The van der Waals surface area contributed by atoms with Crippen LogP contribution in [0.3, 0.4) is 0 Å². The van der Waals surface area contributed by atoms with Crippen LogP contribution in [0.15, 0.2) is 52.8 Å². The van der Waals surface area contributed by atoms with E-state index in [-0.39, 0.29) is 23.0 Å². The molecule has 0 unspecified atom stereocenters. The molecule has 3 rings (SSSR count). The van der Waals surface area contributed by atoms with Gasteiger partial charge in [0, 0.05) is 17.3 Å². The Morgan fingerprint density at radius 3 is 2.81 bits per heavy atom. The van der Waals surface area contributed by atoms with Crippen LogP contribution in [0.2, 0.25) is 0 Å². The highest BCUT2D eigenvalue weighted by atomic mass is 32.1. The molecule has 0 radical (unpaired) electrons. The fourth-order valence-corrected chi connectivity index (χ4v) is 2.85. The fraction of sp³-hybridized carbons (Fsp3) is 0.0588. The van der Waals surface area contributed by atoms with Crippen molar-refractivity contribution < 1.29 is 14.0 Å². The van der Waals surface area contributed by atoms with Gasteiger partial charge >= 0.3 is 0 Å². The van der Waals surface area contributed by atoms with Gasteiger partial charge in [-0.05, 0) is 30.3 Å². The summed E-state index contributed by atoms with van der Waals surface area (Å²) in [7, 11) is 0. The van der Waals surface area contributed by atoms with Gasteiger partial charge in [-0.1, -0.05) is 6.07 Å². The smallest absolute Gasteiger partial charge is 0.263 e. The minimum Gasteiger partial charge on any atom is -0.328 e. The van der Waals surface area contributed by atoms with Gasteiger partial charge in [0.15, 0.2) is 5.13 Å². The first kappa shape index (κ1) is 17.5. The summed E-state index contributed by atoms with van der Waals surface area (Å²) in [5, 5.41) is 6.98. The van der Waals surface area contributed by atoms with E-state index < -0.39 is 17.3 Å². The van der Waals surface area contributed by atoms with E-state index in [2.05, 4.69) is 20.6 Å². The summed E-state index contributed by atoms with van der Waals surface area (Å²) >= 11 is 1.13. The summed E-state index contributed by atoms with van der Waals surface area (Å²) in [5.74, 6) is -1.40. The lowest BCUT2D eigenvalue weighted by Crippen LogP contribution is -2.22. The number of thiazole rings is 1. The monoisotopic (exact) mass is 372 g/mol. The number of rotatable bonds is 5. The summed E-state index contributed by atoms with van der Waals surface area (Å²) < 4.78 is 13.1. The maximum atomic E-state index is 13.1. The number of anilines is 2. The van der Waals surface area contributed by atoms with Gasteiger partial charge in [-0.2, -0.15) is 0 Å². The molecule has 0 bridgehead atoms. The Hall–Kier alpha value is -3.33. The summed E-state index contributed by atoms with van der Waals surface area (Å²) in [6, 6.07) is 8.50. The predicted octanol–water partition coefficient (Wildman–Crippen LogP) is 2.40. The van der Waals surface area contributed by atoms with Crippen molar-refractivity contribution in [3.8, 4) is 0 Å². The number of halogens is 1. The van der Waals surface area contributed by atoms with Crippen LogP contribution in [0.1, 0.15) is 16.1 Å². The van der Waals surface area contributed by atoms with Crippen LogP contribution >= 0.6 is 11.3 Å².